The van der Waals surface area contributed by atoms with E-state index in [0.717, 1.165) is 72.1 Å². The molecule has 5 heteroatoms. The van der Waals surface area contributed by atoms with Gasteiger partial charge < -0.3 is 14.3 Å². The fourth-order valence-electron chi connectivity index (χ4n) is 7.26. The smallest absolute Gasteiger partial charge is 0.159 e. The second-order valence-electron chi connectivity index (χ2n) is 12.7. The van der Waals surface area contributed by atoms with Gasteiger partial charge in [-0.3, -0.25) is 0 Å². The van der Waals surface area contributed by atoms with Gasteiger partial charge in [-0.15, -0.1) is 0 Å². The van der Waals surface area contributed by atoms with Crippen LogP contribution in [0.2, 0.25) is 0 Å². The molecular formula is C45H30N4O. The number of hydrogen-bond acceptors (Lipinski definition) is 4. The maximum absolute atomic E-state index is 6.30. The Balaban J connectivity index is 1.14. The van der Waals surface area contributed by atoms with Gasteiger partial charge in [0.2, 0.25) is 0 Å². The zero-order valence-corrected chi connectivity index (χ0v) is 27.0. The number of hydrogen-bond donors (Lipinski definition) is 1. The van der Waals surface area contributed by atoms with Crippen LogP contribution in [0.15, 0.2) is 184 Å². The number of benzene rings is 7. The summed E-state index contributed by atoms with van der Waals surface area (Å²) in [5.74, 6) is 1.48. The number of furan rings is 1. The molecule has 9 aromatic rings. The standard InChI is InChI=1S/C45H30N4O/c1-3-13-29(14-4-1)31-17-11-18-32(25-31)44-46-43(30-15-5-2-6-16-30)47-45(48-44)33-19-12-20-34(26-33)49-39-23-9-7-21-35(39)37-28-42-38(27-40(37)49)36-22-8-10-24-41(36)50-42/h1-28,44H,(H,46,47,48). The highest BCUT2D eigenvalue weighted by molar-refractivity contribution is 6.17. The van der Waals surface area contributed by atoms with Gasteiger partial charge in [0.15, 0.2) is 5.84 Å². The number of rotatable bonds is 5. The number of aliphatic imine (C=N–C) groups is 2. The van der Waals surface area contributed by atoms with Crippen LogP contribution in [0.5, 0.6) is 0 Å². The number of fused-ring (bicyclic) bond motifs is 6. The van der Waals surface area contributed by atoms with Crippen molar-refractivity contribution in [3.63, 3.8) is 0 Å². The number of amidine groups is 2. The topological polar surface area (TPSA) is 54.8 Å². The van der Waals surface area contributed by atoms with Crippen LogP contribution in [0.4, 0.5) is 0 Å². The quantitative estimate of drug-likeness (QED) is 0.203. The minimum Gasteiger partial charge on any atom is -0.456 e. The number of para-hydroxylation sites is 2. The molecule has 1 N–H and O–H groups in total. The van der Waals surface area contributed by atoms with Crippen molar-refractivity contribution >= 4 is 55.4 Å². The number of nitrogens with one attached hydrogen (secondary N) is 1. The zero-order chi connectivity index (χ0) is 33.0. The Bertz CT molecular complexity index is 2790. The van der Waals surface area contributed by atoms with Crippen molar-refractivity contribution in [2.45, 2.75) is 6.17 Å². The summed E-state index contributed by atoms with van der Waals surface area (Å²) in [7, 11) is 0. The van der Waals surface area contributed by atoms with Crippen LogP contribution in [0.3, 0.4) is 0 Å². The Kier molecular flexibility index (Phi) is 6.49. The molecule has 0 fully saturated rings. The predicted octanol–water partition coefficient (Wildman–Crippen LogP) is 10.8. The van der Waals surface area contributed by atoms with Gasteiger partial charge in [-0.05, 0) is 59.2 Å². The van der Waals surface area contributed by atoms with E-state index in [0.29, 0.717) is 5.84 Å². The first-order valence-corrected chi connectivity index (χ1v) is 16.9. The third kappa shape index (κ3) is 4.71. The summed E-state index contributed by atoms with van der Waals surface area (Å²) in [4.78, 5) is 10.4. The van der Waals surface area contributed by atoms with Crippen LogP contribution in [0.1, 0.15) is 22.9 Å². The van der Waals surface area contributed by atoms with E-state index in [1.807, 2.05) is 36.4 Å². The lowest BCUT2D eigenvalue weighted by atomic mass is 10.0. The Morgan fingerprint density at radius 2 is 1.18 bits per heavy atom. The van der Waals surface area contributed by atoms with Crippen LogP contribution in [0, 0.1) is 0 Å². The molecule has 1 aliphatic heterocycles. The molecule has 0 amide bonds. The van der Waals surface area contributed by atoms with E-state index in [-0.39, 0.29) is 6.17 Å². The summed E-state index contributed by atoms with van der Waals surface area (Å²) >= 11 is 0. The Labute approximate surface area is 288 Å². The lowest BCUT2D eigenvalue weighted by Gasteiger charge is -2.24. The summed E-state index contributed by atoms with van der Waals surface area (Å²) in [5.41, 5.74) is 10.4. The number of aromatic nitrogens is 1. The lowest BCUT2D eigenvalue weighted by Crippen LogP contribution is -2.33. The molecule has 0 radical (unpaired) electrons. The molecule has 236 valence electrons. The van der Waals surface area contributed by atoms with E-state index in [2.05, 4.69) is 143 Å². The maximum atomic E-state index is 6.30. The van der Waals surface area contributed by atoms with Gasteiger partial charge in [0.05, 0.1) is 11.0 Å². The van der Waals surface area contributed by atoms with E-state index >= 15 is 0 Å². The highest BCUT2D eigenvalue weighted by atomic mass is 16.3. The van der Waals surface area contributed by atoms with Crippen LogP contribution in [-0.4, -0.2) is 16.2 Å². The van der Waals surface area contributed by atoms with E-state index < -0.39 is 0 Å². The summed E-state index contributed by atoms with van der Waals surface area (Å²) in [6, 6.07) is 59.2. The van der Waals surface area contributed by atoms with Crippen molar-refractivity contribution in [1.29, 1.82) is 0 Å². The van der Waals surface area contributed by atoms with Gasteiger partial charge in [0, 0.05) is 38.4 Å². The first-order chi connectivity index (χ1) is 24.8. The number of nitrogens with zero attached hydrogens (tertiary/aromatic N) is 3. The van der Waals surface area contributed by atoms with Crippen LogP contribution < -0.4 is 5.32 Å². The molecular weight excluding hydrogens is 613 g/mol. The lowest BCUT2D eigenvalue weighted by molar-refractivity contribution is 0.669. The first-order valence-electron chi connectivity index (χ1n) is 16.9. The Morgan fingerprint density at radius 1 is 0.480 bits per heavy atom. The van der Waals surface area contributed by atoms with Crippen LogP contribution in [0.25, 0.3) is 60.6 Å². The average molecular weight is 643 g/mol. The minimum atomic E-state index is -0.319. The molecule has 0 bridgehead atoms. The van der Waals surface area contributed by atoms with E-state index in [9.17, 15) is 0 Å². The van der Waals surface area contributed by atoms with Crippen LogP contribution in [-0.2, 0) is 0 Å². The van der Waals surface area contributed by atoms with Crippen molar-refractivity contribution in [3.05, 3.63) is 187 Å². The highest BCUT2D eigenvalue weighted by Gasteiger charge is 2.22. The van der Waals surface area contributed by atoms with E-state index in [4.69, 9.17) is 14.4 Å². The maximum Gasteiger partial charge on any atom is 0.159 e. The molecule has 7 aromatic carbocycles. The molecule has 10 rings (SSSR count). The second kappa shape index (κ2) is 11.5. The normalized spacial score (nSPS) is 14.6. The van der Waals surface area contributed by atoms with Crippen molar-refractivity contribution in [2.75, 3.05) is 0 Å². The Morgan fingerprint density at radius 3 is 2.04 bits per heavy atom. The van der Waals surface area contributed by atoms with Crippen molar-refractivity contribution in [1.82, 2.24) is 9.88 Å². The molecule has 0 saturated heterocycles. The fourth-order valence-corrected chi connectivity index (χ4v) is 7.26. The molecule has 1 unspecified atom stereocenters. The summed E-state index contributed by atoms with van der Waals surface area (Å²) in [6.45, 7) is 0. The third-order valence-electron chi connectivity index (χ3n) is 9.63. The fraction of sp³-hybridized carbons (Fsp3) is 0.0222. The Hall–Kier alpha value is -6.72. The molecule has 0 saturated carbocycles. The van der Waals surface area contributed by atoms with E-state index in [1.165, 1.54) is 10.9 Å². The largest absolute Gasteiger partial charge is 0.456 e. The predicted molar refractivity (Wildman–Crippen MR) is 205 cm³/mol. The van der Waals surface area contributed by atoms with E-state index in [1.54, 1.807) is 0 Å². The summed E-state index contributed by atoms with van der Waals surface area (Å²) in [5, 5.41) is 8.18. The van der Waals surface area contributed by atoms with Crippen molar-refractivity contribution in [2.24, 2.45) is 9.98 Å². The molecule has 3 heterocycles. The second-order valence-corrected chi connectivity index (χ2v) is 12.7. The molecule has 2 aromatic heterocycles. The van der Waals surface area contributed by atoms with Gasteiger partial charge in [0.1, 0.15) is 23.2 Å². The van der Waals surface area contributed by atoms with Gasteiger partial charge in [-0.2, -0.15) is 0 Å². The summed E-state index contributed by atoms with van der Waals surface area (Å²) in [6.07, 6.45) is -0.319. The van der Waals surface area contributed by atoms with Gasteiger partial charge in [-0.25, -0.2) is 9.98 Å². The monoisotopic (exact) mass is 642 g/mol. The summed E-state index contributed by atoms with van der Waals surface area (Å²) < 4.78 is 8.65. The molecule has 1 atom stereocenters. The van der Waals surface area contributed by atoms with Gasteiger partial charge >= 0.3 is 0 Å². The van der Waals surface area contributed by atoms with Crippen molar-refractivity contribution in [3.8, 4) is 16.8 Å². The molecule has 5 nitrogen and oxygen atoms in total. The van der Waals surface area contributed by atoms with Gasteiger partial charge in [0.25, 0.3) is 0 Å². The molecule has 0 spiro atoms. The van der Waals surface area contributed by atoms with Crippen molar-refractivity contribution < 1.29 is 4.42 Å². The molecule has 50 heavy (non-hydrogen) atoms. The van der Waals surface area contributed by atoms with Crippen LogP contribution >= 0.6 is 0 Å². The highest BCUT2D eigenvalue weighted by Crippen LogP contribution is 2.38. The SMILES string of the molecule is c1ccc(C2=NC(c3cccc(-n4c5ccccc5c5cc6oc7ccccc7c6cc54)c3)=NC(c3cccc(-c4ccccc4)c3)N2)cc1. The molecule has 0 aliphatic carbocycles. The average Bonchev–Trinajstić information content (AvgIpc) is 3.72. The minimum absolute atomic E-state index is 0.319. The first kappa shape index (κ1) is 28.3. The van der Waals surface area contributed by atoms with Gasteiger partial charge in [-0.1, -0.05) is 127 Å². The zero-order valence-electron chi connectivity index (χ0n) is 27.0. The molecule has 1 aliphatic rings. The third-order valence-corrected chi connectivity index (χ3v) is 9.63.